The number of nitrogens with zero attached hydrogens (tertiary/aromatic N) is 4. The molecule has 1 aromatic carbocycles. The van der Waals surface area contributed by atoms with Crippen molar-refractivity contribution in [3.05, 3.63) is 54.4 Å². The van der Waals surface area contributed by atoms with Crippen LogP contribution < -0.4 is 4.90 Å². The highest BCUT2D eigenvalue weighted by molar-refractivity contribution is 5.46. The van der Waals surface area contributed by atoms with Crippen LogP contribution in [-0.2, 0) is 0 Å². The molecule has 0 N–H and O–H groups in total. The highest BCUT2D eigenvalue weighted by atomic mass is 19.1. The summed E-state index contributed by atoms with van der Waals surface area (Å²) in [6.45, 7) is 4.52. The first-order valence-corrected chi connectivity index (χ1v) is 7.28. The molecule has 4 nitrogen and oxygen atoms in total. The smallest absolute Gasteiger partial charge is 0.123 e. The van der Waals surface area contributed by atoms with Crippen LogP contribution in [-0.4, -0.2) is 47.6 Å². The summed E-state index contributed by atoms with van der Waals surface area (Å²) in [4.78, 5) is 12.5. The van der Waals surface area contributed by atoms with Gasteiger partial charge < -0.3 is 4.90 Å². The Bertz CT molecular complexity index is 653. The summed E-state index contributed by atoms with van der Waals surface area (Å²) in [5.74, 6) is 6.04. The van der Waals surface area contributed by atoms with Gasteiger partial charge in [0.25, 0.3) is 0 Å². The Morgan fingerprint density at radius 1 is 1.00 bits per heavy atom. The second-order valence-corrected chi connectivity index (χ2v) is 5.17. The van der Waals surface area contributed by atoms with Gasteiger partial charge in [0.05, 0.1) is 12.1 Å². The second kappa shape index (κ2) is 7.01. The topological polar surface area (TPSA) is 32.3 Å². The van der Waals surface area contributed by atoms with Crippen LogP contribution >= 0.6 is 0 Å². The fourth-order valence-corrected chi connectivity index (χ4v) is 2.43. The lowest BCUT2D eigenvalue weighted by Crippen LogP contribution is -2.46. The van der Waals surface area contributed by atoms with Gasteiger partial charge >= 0.3 is 0 Å². The fraction of sp³-hybridized carbons (Fsp3) is 0.294. The van der Waals surface area contributed by atoms with E-state index in [1.54, 1.807) is 12.4 Å². The van der Waals surface area contributed by atoms with Crippen LogP contribution in [0.15, 0.2) is 43.0 Å². The summed E-state index contributed by atoms with van der Waals surface area (Å²) >= 11 is 0. The Kier molecular flexibility index (Phi) is 4.62. The average Bonchev–Trinajstić information content (AvgIpc) is 2.57. The highest BCUT2D eigenvalue weighted by Crippen LogP contribution is 2.16. The van der Waals surface area contributed by atoms with Gasteiger partial charge in [-0.1, -0.05) is 11.8 Å². The molecule has 0 bridgehead atoms. The molecule has 5 heteroatoms. The number of rotatable bonds is 2. The first-order valence-electron chi connectivity index (χ1n) is 7.28. The molecule has 0 spiro atoms. The van der Waals surface area contributed by atoms with Crippen molar-refractivity contribution in [2.45, 2.75) is 0 Å². The third kappa shape index (κ3) is 3.80. The quantitative estimate of drug-likeness (QED) is 0.791. The van der Waals surface area contributed by atoms with Gasteiger partial charge in [-0.05, 0) is 24.3 Å². The summed E-state index contributed by atoms with van der Waals surface area (Å²) in [7, 11) is 0. The van der Waals surface area contributed by atoms with Crippen LogP contribution in [0.4, 0.5) is 10.1 Å². The van der Waals surface area contributed by atoms with Crippen LogP contribution in [0.5, 0.6) is 0 Å². The molecule has 22 heavy (non-hydrogen) atoms. The lowest BCUT2D eigenvalue weighted by atomic mass is 10.2. The molecule has 2 aromatic rings. The lowest BCUT2D eigenvalue weighted by molar-refractivity contribution is 0.288. The van der Waals surface area contributed by atoms with Crippen molar-refractivity contribution in [3.63, 3.8) is 0 Å². The monoisotopic (exact) mass is 296 g/mol. The second-order valence-electron chi connectivity index (χ2n) is 5.17. The van der Waals surface area contributed by atoms with Gasteiger partial charge in [0.1, 0.15) is 12.1 Å². The number of halogens is 1. The molecule has 0 atom stereocenters. The van der Waals surface area contributed by atoms with Crippen molar-refractivity contribution in [2.75, 3.05) is 37.6 Å². The summed E-state index contributed by atoms with van der Waals surface area (Å²) in [5, 5.41) is 0. The summed E-state index contributed by atoms with van der Waals surface area (Å²) < 4.78 is 12.9. The van der Waals surface area contributed by atoms with E-state index in [4.69, 9.17) is 0 Å². The minimum Gasteiger partial charge on any atom is -0.369 e. The van der Waals surface area contributed by atoms with E-state index in [0.29, 0.717) is 0 Å². The molecular formula is C17H17FN4. The largest absolute Gasteiger partial charge is 0.369 e. The van der Waals surface area contributed by atoms with E-state index in [-0.39, 0.29) is 5.82 Å². The van der Waals surface area contributed by atoms with E-state index in [9.17, 15) is 4.39 Å². The predicted molar refractivity (Wildman–Crippen MR) is 84.0 cm³/mol. The number of hydrogen-bond donors (Lipinski definition) is 0. The maximum absolute atomic E-state index is 12.9. The Morgan fingerprint density at radius 3 is 2.36 bits per heavy atom. The number of piperazine rings is 1. The SMILES string of the molecule is Fc1ccc(N2CCN(CC#Cc3cncnc3)CC2)cc1. The first-order chi connectivity index (χ1) is 10.8. The minimum absolute atomic E-state index is 0.192. The Balaban J connectivity index is 1.50. The fourth-order valence-electron chi connectivity index (χ4n) is 2.43. The molecule has 0 saturated carbocycles. The third-order valence-electron chi connectivity index (χ3n) is 3.66. The molecule has 0 amide bonds. The van der Waals surface area contributed by atoms with Crippen molar-refractivity contribution in [1.82, 2.24) is 14.9 Å². The predicted octanol–water partition coefficient (Wildman–Crippen LogP) is 1.79. The van der Waals surface area contributed by atoms with Gasteiger partial charge in [-0.2, -0.15) is 0 Å². The van der Waals surface area contributed by atoms with Gasteiger partial charge in [-0.25, -0.2) is 14.4 Å². The number of aromatic nitrogens is 2. The van der Waals surface area contributed by atoms with Crippen molar-refractivity contribution in [3.8, 4) is 11.8 Å². The van der Waals surface area contributed by atoms with Gasteiger partial charge in [0.15, 0.2) is 0 Å². The Morgan fingerprint density at radius 2 is 1.68 bits per heavy atom. The Labute approximate surface area is 129 Å². The zero-order valence-corrected chi connectivity index (χ0v) is 12.2. The van der Waals surface area contributed by atoms with E-state index in [2.05, 4.69) is 31.6 Å². The third-order valence-corrected chi connectivity index (χ3v) is 3.66. The van der Waals surface area contributed by atoms with E-state index >= 15 is 0 Å². The van der Waals surface area contributed by atoms with Gasteiger partial charge in [-0.15, -0.1) is 0 Å². The van der Waals surface area contributed by atoms with Gasteiger partial charge in [0.2, 0.25) is 0 Å². The molecule has 3 rings (SSSR count). The molecule has 0 unspecified atom stereocenters. The van der Waals surface area contributed by atoms with E-state index in [1.807, 2.05) is 12.1 Å². The number of hydrogen-bond acceptors (Lipinski definition) is 4. The van der Waals surface area contributed by atoms with E-state index in [0.717, 1.165) is 44.0 Å². The molecule has 2 heterocycles. The molecular weight excluding hydrogens is 279 g/mol. The lowest BCUT2D eigenvalue weighted by Gasteiger charge is -2.35. The summed E-state index contributed by atoms with van der Waals surface area (Å²) in [6, 6.07) is 6.69. The molecule has 1 aromatic heterocycles. The van der Waals surface area contributed by atoms with Gasteiger partial charge in [-0.3, -0.25) is 4.90 Å². The highest BCUT2D eigenvalue weighted by Gasteiger charge is 2.16. The van der Waals surface area contributed by atoms with Crippen molar-refractivity contribution in [1.29, 1.82) is 0 Å². The minimum atomic E-state index is -0.192. The molecule has 1 saturated heterocycles. The van der Waals surface area contributed by atoms with Crippen LogP contribution in [0.1, 0.15) is 5.56 Å². The molecule has 1 fully saturated rings. The number of anilines is 1. The molecule has 1 aliphatic rings. The normalized spacial score (nSPS) is 15.2. The maximum Gasteiger partial charge on any atom is 0.123 e. The van der Waals surface area contributed by atoms with Crippen molar-refractivity contribution < 1.29 is 4.39 Å². The molecule has 112 valence electrons. The first kappa shape index (κ1) is 14.5. The summed E-state index contributed by atoms with van der Waals surface area (Å²) in [5.41, 5.74) is 1.92. The van der Waals surface area contributed by atoms with E-state index in [1.165, 1.54) is 18.5 Å². The zero-order chi connectivity index (χ0) is 15.2. The Hall–Kier alpha value is -2.45. The molecule has 1 aliphatic heterocycles. The number of benzene rings is 1. The van der Waals surface area contributed by atoms with Crippen LogP contribution in [0.25, 0.3) is 0 Å². The van der Waals surface area contributed by atoms with E-state index < -0.39 is 0 Å². The standard InChI is InChI=1S/C17H17FN4/c18-16-3-5-17(6-4-16)22-10-8-21(9-11-22)7-1-2-15-12-19-14-20-13-15/h3-6,12-14H,7-11H2. The van der Waals surface area contributed by atoms with Crippen LogP contribution in [0.2, 0.25) is 0 Å². The molecule has 0 radical (unpaired) electrons. The zero-order valence-electron chi connectivity index (χ0n) is 12.2. The average molecular weight is 296 g/mol. The molecule has 0 aliphatic carbocycles. The van der Waals surface area contributed by atoms with Crippen LogP contribution in [0.3, 0.4) is 0 Å². The van der Waals surface area contributed by atoms with Gasteiger partial charge in [0, 0.05) is 44.3 Å². The maximum atomic E-state index is 12.9. The summed E-state index contributed by atoms with van der Waals surface area (Å²) in [6.07, 6.45) is 4.93. The van der Waals surface area contributed by atoms with Crippen molar-refractivity contribution in [2.24, 2.45) is 0 Å². The van der Waals surface area contributed by atoms with Crippen molar-refractivity contribution >= 4 is 5.69 Å². The van der Waals surface area contributed by atoms with Crippen LogP contribution in [0, 0.1) is 17.7 Å².